The molecule has 5 heteroatoms. The van der Waals surface area contributed by atoms with E-state index in [1.807, 2.05) is 38.4 Å². The van der Waals surface area contributed by atoms with Gasteiger partial charge in [0.05, 0.1) is 13.2 Å². The molecule has 0 unspecified atom stereocenters. The molecule has 0 saturated carbocycles. The Morgan fingerprint density at radius 1 is 1.35 bits per heavy atom. The number of carbonyl (C=O) groups excluding carboxylic acids is 1. The predicted molar refractivity (Wildman–Crippen MR) is 90.4 cm³/mol. The minimum atomic E-state index is -0.356. The highest BCUT2D eigenvalue weighted by atomic mass is 16.7. The summed E-state index contributed by atoms with van der Waals surface area (Å²) >= 11 is 0. The highest BCUT2D eigenvalue weighted by Gasteiger charge is 2.28. The van der Waals surface area contributed by atoms with Gasteiger partial charge in [0.1, 0.15) is 0 Å². The predicted octanol–water partition coefficient (Wildman–Crippen LogP) is 2.44. The maximum atomic E-state index is 12.5. The SMILES string of the molecule is C[C@@H](NC(=O)c1cccc(C2OCCO2)c1)C(C)(C)CN(C)C. The van der Waals surface area contributed by atoms with E-state index in [4.69, 9.17) is 9.47 Å². The zero-order chi connectivity index (χ0) is 17.0. The Morgan fingerprint density at radius 3 is 2.61 bits per heavy atom. The molecule has 128 valence electrons. The normalized spacial score (nSPS) is 17.5. The van der Waals surface area contributed by atoms with E-state index in [1.54, 1.807) is 0 Å². The van der Waals surface area contributed by atoms with Gasteiger partial charge in [0.15, 0.2) is 6.29 Å². The summed E-state index contributed by atoms with van der Waals surface area (Å²) in [6.45, 7) is 8.46. The molecule has 1 aromatic carbocycles. The minimum Gasteiger partial charge on any atom is -0.349 e. The van der Waals surface area contributed by atoms with Gasteiger partial charge in [-0.1, -0.05) is 26.0 Å². The molecule has 0 radical (unpaired) electrons. The molecular formula is C18H28N2O3. The van der Waals surface area contributed by atoms with Crippen molar-refractivity contribution in [3.63, 3.8) is 0 Å². The number of benzene rings is 1. The van der Waals surface area contributed by atoms with Crippen molar-refractivity contribution < 1.29 is 14.3 Å². The minimum absolute atomic E-state index is 0.0194. The van der Waals surface area contributed by atoms with Crippen molar-refractivity contribution in [2.24, 2.45) is 5.41 Å². The van der Waals surface area contributed by atoms with Crippen LogP contribution in [0.15, 0.2) is 24.3 Å². The number of hydrogen-bond acceptors (Lipinski definition) is 4. The van der Waals surface area contributed by atoms with Crippen LogP contribution in [0.25, 0.3) is 0 Å². The van der Waals surface area contributed by atoms with Crippen molar-refractivity contribution in [1.29, 1.82) is 0 Å². The summed E-state index contributed by atoms with van der Waals surface area (Å²) in [6.07, 6.45) is -0.356. The van der Waals surface area contributed by atoms with Gasteiger partial charge >= 0.3 is 0 Å². The third-order valence-electron chi connectivity index (χ3n) is 4.29. The van der Waals surface area contributed by atoms with Gasteiger partial charge in [-0.25, -0.2) is 0 Å². The van der Waals surface area contributed by atoms with Gasteiger partial charge in [-0.3, -0.25) is 4.79 Å². The Morgan fingerprint density at radius 2 is 2.00 bits per heavy atom. The summed E-state index contributed by atoms with van der Waals surface area (Å²) < 4.78 is 11.0. The summed E-state index contributed by atoms with van der Waals surface area (Å²) in [4.78, 5) is 14.7. The third-order valence-corrected chi connectivity index (χ3v) is 4.29. The van der Waals surface area contributed by atoms with Crippen LogP contribution in [0.3, 0.4) is 0 Å². The molecule has 5 nitrogen and oxygen atoms in total. The molecule has 1 fully saturated rings. The summed E-state index contributed by atoms with van der Waals surface area (Å²) in [6, 6.07) is 7.51. The Balaban J connectivity index is 2.04. The molecule has 23 heavy (non-hydrogen) atoms. The third kappa shape index (κ3) is 4.77. The van der Waals surface area contributed by atoms with Crippen LogP contribution in [-0.4, -0.2) is 50.7 Å². The molecule has 0 aromatic heterocycles. The van der Waals surface area contributed by atoms with Gasteiger partial charge in [-0.05, 0) is 38.6 Å². The van der Waals surface area contributed by atoms with Crippen LogP contribution in [0, 0.1) is 5.41 Å². The highest BCUT2D eigenvalue weighted by molar-refractivity contribution is 5.94. The number of nitrogens with zero attached hydrogens (tertiary/aromatic N) is 1. The van der Waals surface area contributed by atoms with Crippen molar-refractivity contribution in [3.8, 4) is 0 Å². The fraction of sp³-hybridized carbons (Fsp3) is 0.611. The topological polar surface area (TPSA) is 50.8 Å². The summed E-state index contributed by atoms with van der Waals surface area (Å²) in [7, 11) is 4.09. The molecular weight excluding hydrogens is 292 g/mol. The molecule has 1 heterocycles. The van der Waals surface area contributed by atoms with Gasteiger partial charge in [-0.15, -0.1) is 0 Å². The van der Waals surface area contributed by atoms with Gasteiger partial charge in [0.25, 0.3) is 5.91 Å². The summed E-state index contributed by atoms with van der Waals surface area (Å²) in [5, 5.41) is 3.11. The molecule has 1 N–H and O–H groups in total. The maximum absolute atomic E-state index is 12.5. The highest BCUT2D eigenvalue weighted by Crippen LogP contribution is 2.25. The first kappa shape index (κ1) is 17.9. The fourth-order valence-electron chi connectivity index (χ4n) is 2.80. The van der Waals surface area contributed by atoms with Crippen LogP contribution >= 0.6 is 0 Å². The molecule has 0 spiro atoms. The van der Waals surface area contributed by atoms with Crippen molar-refractivity contribution >= 4 is 5.91 Å². The monoisotopic (exact) mass is 320 g/mol. The Hall–Kier alpha value is -1.43. The maximum Gasteiger partial charge on any atom is 0.251 e. The van der Waals surface area contributed by atoms with Crippen LogP contribution in [0.1, 0.15) is 43.0 Å². The molecule has 0 aliphatic carbocycles. The van der Waals surface area contributed by atoms with Crippen LogP contribution in [0.5, 0.6) is 0 Å². The van der Waals surface area contributed by atoms with Crippen molar-refractivity contribution in [2.75, 3.05) is 33.9 Å². The van der Waals surface area contributed by atoms with E-state index in [-0.39, 0.29) is 23.7 Å². The zero-order valence-corrected chi connectivity index (χ0v) is 14.8. The second-order valence-electron chi connectivity index (χ2n) is 7.12. The second-order valence-corrected chi connectivity index (χ2v) is 7.12. The smallest absolute Gasteiger partial charge is 0.251 e. The molecule has 1 aliphatic rings. The van der Waals surface area contributed by atoms with Gasteiger partial charge in [0.2, 0.25) is 0 Å². The fourth-order valence-corrected chi connectivity index (χ4v) is 2.80. The zero-order valence-electron chi connectivity index (χ0n) is 14.8. The van der Waals surface area contributed by atoms with Gasteiger partial charge < -0.3 is 19.7 Å². The average Bonchev–Trinajstić information content (AvgIpc) is 3.00. The largest absolute Gasteiger partial charge is 0.349 e. The van der Waals surface area contributed by atoms with E-state index in [1.165, 1.54) is 0 Å². The van der Waals surface area contributed by atoms with Gasteiger partial charge in [-0.2, -0.15) is 0 Å². The van der Waals surface area contributed by atoms with E-state index >= 15 is 0 Å². The number of nitrogens with one attached hydrogen (secondary N) is 1. The van der Waals surface area contributed by atoms with E-state index in [0.29, 0.717) is 18.8 Å². The lowest BCUT2D eigenvalue weighted by molar-refractivity contribution is -0.0441. The van der Waals surface area contributed by atoms with Crippen molar-refractivity contribution in [1.82, 2.24) is 10.2 Å². The number of rotatable bonds is 6. The first-order valence-corrected chi connectivity index (χ1v) is 8.08. The van der Waals surface area contributed by atoms with Crippen LogP contribution in [-0.2, 0) is 9.47 Å². The van der Waals surface area contributed by atoms with Crippen molar-refractivity contribution in [2.45, 2.75) is 33.1 Å². The van der Waals surface area contributed by atoms with E-state index in [0.717, 1.165) is 12.1 Å². The quantitative estimate of drug-likeness (QED) is 0.875. The van der Waals surface area contributed by atoms with E-state index in [9.17, 15) is 4.79 Å². The van der Waals surface area contributed by atoms with E-state index < -0.39 is 0 Å². The van der Waals surface area contributed by atoms with E-state index in [2.05, 4.69) is 31.0 Å². The summed E-state index contributed by atoms with van der Waals surface area (Å²) in [5.74, 6) is -0.0656. The van der Waals surface area contributed by atoms with Crippen LogP contribution < -0.4 is 5.32 Å². The molecule has 0 bridgehead atoms. The Labute approximate surface area is 139 Å². The molecule has 1 aromatic rings. The van der Waals surface area contributed by atoms with Crippen LogP contribution in [0.4, 0.5) is 0 Å². The lowest BCUT2D eigenvalue weighted by Gasteiger charge is -2.34. The number of amides is 1. The first-order valence-electron chi connectivity index (χ1n) is 8.08. The lowest BCUT2D eigenvalue weighted by atomic mass is 9.84. The molecule has 2 rings (SSSR count). The standard InChI is InChI=1S/C18H28N2O3/c1-13(18(2,3)12-20(4)5)19-16(21)14-7-6-8-15(11-14)17-22-9-10-23-17/h6-8,11,13,17H,9-10,12H2,1-5H3,(H,19,21)/t13-/m1/s1. The van der Waals surface area contributed by atoms with Gasteiger partial charge in [0, 0.05) is 23.7 Å². The number of hydrogen-bond donors (Lipinski definition) is 1. The lowest BCUT2D eigenvalue weighted by Crippen LogP contribution is -2.47. The first-order chi connectivity index (χ1) is 10.8. The number of carbonyl (C=O) groups is 1. The molecule has 1 atom stereocenters. The Kier molecular flexibility index (Phi) is 5.79. The van der Waals surface area contributed by atoms with Crippen molar-refractivity contribution in [3.05, 3.63) is 35.4 Å². The Bertz CT molecular complexity index is 537. The number of ether oxygens (including phenoxy) is 2. The molecule has 1 amide bonds. The molecule has 1 saturated heterocycles. The second kappa shape index (κ2) is 7.43. The summed E-state index contributed by atoms with van der Waals surface area (Å²) in [5.41, 5.74) is 1.50. The average molecular weight is 320 g/mol. The van der Waals surface area contributed by atoms with Crippen LogP contribution in [0.2, 0.25) is 0 Å². The molecule has 1 aliphatic heterocycles.